The minimum absolute atomic E-state index is 0.0688. The van der Waals surface area contributed by atoms with E-state index in [1.807, 2.05) is 31.2 Å². The van der Waals surface area contributed by atoms with Crippen LogP contribution in [0, 0.1) is 6.92 Å². The zero-order valence-electron chi connectivity index (χ0n) is 17.0. The van der Waals surface area contributed by atoms with Gasteiger partial charge in [0.2, 0.25) is 5.91 Å². The third kappa shape index (κ3) is 6.53. The summed E-state index contributed by atoms with van der Waals surface area (Å²) < 4.78 is 32.9. The Bertz CT molecular complexity index is 1080. The second-order valence-electron chi connectivity index (χ2n) is 6.78. The van der Waals surface area contributed by atoms with Crippen molar-refractivity contribution >= 4 is 45.0 Å². The van der Waals surface area contributed by atoms with Crippen LogP contribution in [-0.4, -0.2) is 33.2 Å². The number of nitrogens with zero attached hydrogens (tertiary/aromatic N) is 1. The standard InChI is InChI=1S/C22H23ClN2O4S2/c1-17-4-8-19(9-5-17)25(31(27,28)21-10-6-18(23)7-11-21)15-22(26)24-12-14-30-16-20-3-2-13-29-20/h2-11,13H,12,14-16H2,1H3,(H,24,26). The summed E-state index contributed by atoms with van der Waals surface area (Å²) in [4.78, 5) is 12.6. The molecule has 0 bridgehead atoms. The molecule has 0 unspecified atom stereocenters. The van der Waals surface area contributed by atoms with Gasteiger partial charge in [-0.15, -0.1) is 0 Å². The fourth-order valence-electron chi connectivity index (χ4n) is 2.78. The van der Waals surface area contributed by atoms with E-state index >= 15 is 0 Å². The van der Waals surface area contributed by atoms with Gasteiger partial charge in [0.1, 0.15) is 12.3 Å². The molecular formula is C22H23ClN2O4S2. The van der Waals surface area contributed by atoms with Gasteiger partial charge in [-0.3, -0.25) is 9.10 Å². The number of amides is 1. The lowest BCUT2D eigenvalue weighted by atomic mass is 10.2. The Hall–Kier alpha value is -2.42. The molecule has 0 atom stereocenters. The van der Waals surface area contributed by atoms with Crippen molar-refractivity contribution in [3.05, 3.63) is 83.3 Å². The lowest BCUT2D eigenvalue weighted by Crippen LogP contribution is -2.41. The van der Waals surface area contributed by atoms with Gasteiger partial charge in [0.15, 0.2) is 0 Å². The third-order valence-electron chi connectivity index (χ3n) is 4.40. The van der Waals surface area contributed by atoms with Crippen LogP contribution < -0.4 is 9.62 Å². The average Bonchev–Trinajstić information content (AvgIpc) is 3.26. The Morgan fingerprint density at radius 1 is 1.10 bits per heavy atom. The maximum Gasteiger partial charge on any atom is 0.264 e. The van der Waals surface area contributed by atoms with Crippen molar-refractivity contribution < 1.29 is 17.6 Å². The molecule has 9 heteroatoms. The van der Waals surface area contributed by atoms with Crippen LogP contribution in [0.1, 0.15) is 11.3 Å². The topological polar surface area (TPSA) is 79.6 Å². The Morgan fingerprint density at radius 3 is 2.45 bits per heavy atom. The van der Waals surface area contributed by atoms with Gasteiger partial charge >= 0.3 is 0 Å². The number of sulfonamides is 1. The molecular weight excluding hydrogens is 456 g/mol. The second-order valence-corrected chi connectivity index (χ2v) is 10.2. The number of hydrogen-bond acceptors (Lipinski definition) is 5. The summed E-state index contributed by atoms with van der Waals surface area (Å²) in [6.45, 7) is 2.01. The first-order chi connectivity index (χ1) is 14.9. The maximum atomic E-state index is 13.3. The summed E-state index contributed by atoms with van der Waals surface area (Å²) in [6.07, 6.45) is 1.62. The maximum absolute atomic E-state index is 13.3. The van der Waals surface area contributed by atoms with Crippen molar-refractivity contribution in [3.63, 3.8) is 0 Å². The summed E-state index contributed by atoms with van der Waals surface area (Å²) in [5.41, 5.74) is 1.41. The van der Waals surface area contributed by atoms with Crippen molar-refractivity contribution in [1.82, 2.24) is 5.32 Å². The molecule has 0 fully saturated rings. The largest absolute Gasteiger partial charge is 0.468 e. The number of halogens is 1. The quantitative estimate of drug-likeness (QED) is 0.434. The predicted molar refractivity (Wildman–Crippen MR) is 125 cm³/mol. The van der Waals surface area contributed by atoms with E-state index in [1.54, 1.807) is 30.2 Å². The number of anilines is 1. The van der Waals surface area contributed by atoms with Crippen molar-refractivity contribution in [1.29, 1.82) is 0 Å². The first-order valence-corrected chi connectivity index (χ1v) is 12.6. The number of nitrogens with one attached hydrogen (secondary N) is 1. The molecule has 0 aliphatic rings. The van der Waals surface area contributed by atoms with Crippen LogP contribution in [-0.2, 0) is 20.6 Å². The van der Waals surface area contributed by atoms with Crippen LogP contribution >= 0.6 is 23.4 Å². The van der Waals surface area contributed by atoms with E-state index in [0.29, 0.717) is 28.8 Å². The Labute approximate surface area is 191 Å². The molecule has 3 aromatic rings. The zero-order chi connectivity index (χ0) is 22.3. The third-order valence-corrected chi connectivity index (χ3v) is 7.43. The molecule has 1 heterocycles. The second kappa shape index (κ2) is 10.7. The van der Waals surface area contributed by atoms with Gasteiger partial charge in [-0.1, -0.05) is 29.3 Å². The van der Waals surface area contributed by atoms with Crippen molar-refractivity contribution in [2.75, 3.05) is 23.1 Å². The molecule has 0 saturated heterocycles. The molecule has 0 saturated carbocycles. The predicted octanol–water partition coefficient (Wildman–Crippen LogP) is 4.49. The van der Waals surface area contributed by atoms with E-state index < -0.39 is 10.0 Å². The van der Waals surface area contributed by atoms with Crippen LogP contribution in [0.25, 0.3) is 0 Å². The van der Waals surface area contributed by atoms with E-state index in [1.165, 1.54) is 24.3 Å². The number of carbonyl (C=O) groups is 1. The average molecular weight is 479 g/mol. The van der Waals surface area contributed by atoms with Crippen LogP contribution in [0.2, 0.25) is 5.02 Å². The first kappa shape index (κ1) is 23.2. The van der Waals surface area contributed by atoms with Crippen molar-refractivity contribution in [2.24, 2.45) is 0 Å². The molecule has 1 N–H and O–H groups in total. The van der Waals surface area contributed by atoms with E-state index in [0.717, 1.165) is 15.6 Å². The summed E-state index contributed by atoms with van der Waals surface area (Å²) >= 11 is 7.52. The number of aryl methyl sites for hydroxylation is 1. The minimum Gasteiger partial charge on any atom is -0.468 e. The molecule has 1 amide bonds. The lowest BCUT2D eigenvalue weighted by molar-refractivity contribution is -0.119. The van der Waals surface area contributed by atoms with E-state index in [-0.39, 0.29) is 17.3 Å². The number of thioether (sulfide) groups is 1. The number of hydrogen-bond donors (Lipinski definition) is 1. The SMILES string of the molecule is Cc1ccc(N(CC(=O)NCCSCc2ccco2)S(=O)(=O)c2ccc(Cl)cc2)cc1. The lowest BCUT2D eigenvalue weighted by Gasteiger charge is -2.24. The highest BCUT2D eigenvalue weighted by atomic mass is 35.5. The molecule has 0 aliphatic carbocycles. The smallest absolute Gasteiger partial charge is 0.264 e. The Kier molecular flexibility index (Phi) is 8.06. The van der Waals surface area contributed by atoms with Crippen molar-refractivity contribution in [2.45, 2.75) is 17.6 Å². The molecule has 1 aromatic heterocycles. The van der Waals surface area contributed by atoms with Crippen LogP contribution in [0.3, 0.4) is 0 Å². The molecule has 164 valence electrons. The van der Waals surface area contributed by atoms with E-state index in [9.17, 15) is 13.2 Å². The summed E-state index contributed by atoms with van der Waals surface area (Å²) in [5.74, 6) is 1.89. The highest BCUT2D eigenvalue weighted by Crippen LogP contribution is 2.25. The molecule has 31 heavy (non-hydrogen) atoms. The van der Waals surface area contributed by atoms with Crippen LogP contribution in [0.15, 0.2) is 76.2 Å². The molecule has 0 spiro atoms. The normalized spacial score (nSPS) is 11.3. The summed E-state index contributed by atoms with van der Waals surface area (Å²) in [5, 5.41) is 3.23. The highest BCUT2D eigenvalue weighted by Gasteiger charge is 2.27. The zero-order valence-corrected chi connectivity index (χ0v) is 19.3. The van der Waals surface area contributed by atoms with Gasteiger partial charge in [-0.2, -0.15) is 11.8 Å². The molecule has 0 radical (unpaired) electrons. The van der Waals surface area contributed by atoms with Gasteiger partial charge < -0.3 is 9.73 Å². The number of carbonyl (C=O) groups excluding carboxylic acids is 1. The summed E-state index contributed by atoms with van der Waals surface area (Å²) in [7, 11) is -3.95. The fourth-order valence-corrected chi connectivity index (χ4v) is 5.08. The van der Waals surface area contributed by atoms with E-state index in [4.69, 9.17) is 16.0 Å². The molecule has 2 aromatic carbocycles. The van der Waals surface area contributed by atoms with Crippen LogP contribution in [0.4, 0.5) is 5.69 Å². The van der Waals surface area contributed by atoms with Crippen molar-refractivity contribution in [3.8, 4) is 0 Å². The van der Waals surface area contributed by atoms with Gasteiger partial charge in [-0.05, 0) is 55.5 Å². The monoisotopic (exact) mass is 478 g/mol. The van der Waals surface area contributed by atoms with Gasteiger partial charge in [0, 0.05) is 17.3 Å². The number of rotatable bonds is 10. The van der Waals surface area contributed by atoms with Crippen LogP contribution in [0.5, 0.6) is 0 Å². The molecule has 0 aliphatic heterocycles. The highest BCUT2D eigenvalue weighted by molar-refractivity contribution is 7.98. The fraction of sp³-hybridized carbons (Fsp3) is 0.227. The first-order valence-electron chi connectivity index (χ1n) is 9.58. The van der Waals surface area contributed by atoms with Gasteiger partial charge in [0.25, 0.3) is 10.0 Å². The molecule has 3 rings (SSSR count). The minimum atomic E-state index is -3.95. The Balaban J connectivity index is 1.67. The molecule has 6 nitrogen and oxygen atoms in total. The van der Waals surface area contributed by atoms with E-state index in [2.05, 4.69) is 5.32 Å². The Morgan fingerprint density at radius 2 is 1.81 bits per heavy atom. The number of benzene rings is 2. The van der Waals surface area contributed by atoms with Gasteiger partial charge in [0.05, 0.1) is 22.6 Å². The summed E-state index contributed by atoms with van der Waals surface area (Å²) in [6, 6.07) is 16.6. The number of furan rings is 1. The van der Waals surface area contributed by atoms with Gasteiger partial charge in [-0.25, -0.2) is 8.42 Å².